The second kappa shape index (κ2) is 7.61. The fourth-order valence-corrected chi connectivity index (χ4v) is 3.87. The lowest BCUT2D eigenvalue weighted by atomic mass is 9.87. The molecule has 21 heavy (non-hydrogen) atoms. The van der Waals surface area contributed by atoms with Crippen LogP contribution in [0.4, 0.5) is 0 Å². The van der Waals surface area contributed by atoms with Crippen molar-refractivity contribution >= 4 is 37.0 Å². The molecule has 1 N–H and O–H groups in total. The van der Waals surface area contributed by atoms with Gasteiger partial charge in [0, 0.05) is 22.6 Å². The van der Waals surface area contributed by atoms with Crippen LogP contribution in [0.5, 0.6) is 0 Å². The molecule has 120 valence electrons. The summed E-state index contributed by atoms with van der Waals surface area (Å²) in [5.74, 6) is -0.263. The first-order valence-corrected chi connectivity index (χ1v) is 10.2. The normalized spacial score (nSPS) is 12.4. The van der Waals surface area contributed by atoms with E-state index >= 15 is 0 Å². The second-order valence-corrected chi connectivity index (χ2v) is 9.60. The van der Waals surface area contributed by atoms with Gasteiger partial charge in [0.05, 0.1) is 5.56 Å². The van der Waals surface area contributed by atoms with Crippen LogP contribution < -0.4 is 5.32 Å². The molecule has 1 aromatic rings. The predicted octanol–water partition coefficient (Wildman–Crippen LogP) is 4.01. The summed E-state index contributed by atoms with van der Waals surface area (Å²) in [6, 6.07) is 1.31. The van der Waals surface area contributed by atoms with Crippen LogP contribution in [-0.4, -0.2) is 20.9 Å². The molecule has 7 heteroatoms. The second-order valence-electron chi connectivity index (χ2n) is 5.90. The lowest BCUT2D eigenvalue weighted by Gasteiger charge is -2.24. The maximum absolute atomic E-state index is 12.0. The largest absolute Gasteiger partial charge is 0.351 e. The predicted molar refractivity (Wildman–Crippen MR) is 87.6 cm³/mol. The number of amides is 1. The molecule has 0 unspecified atom stereocenters. The average molecular weight is 352 g/mol. The van der Waals surface area contributed by atoms with Crippen molar-refractivity contribution in [2.45, 2.75) is 50.7 Å². The molecule has 0 aliphatic rings. The van der Waals surface area contributed by atoms with Gasteiger partial charge in [-0.05, 0) is 17.9 Å². The Balaban J connectivity index is 2.55. The van der Waals surface area contributed by atoms with Crippen molar-refractivity contribution in [1.29, 1.82) is 0 Å². The van der Waals surface area contributed by atoms with Crippen LogP contribution in [0.3, 0.4) is 0 Å². The highest BCUT2D eigenvalue weighted by atomic mass is 35.7. The number of thiophene rings is 1. The van der Waals surface area contributed by atoms with E-state index in [0.29, 0.717) is 12.1 Å². The highest BCUT2D eigenvalue weighted by Gasteiger charge is 2.20. The number of hydrogen-bond acceptors (Lipinski definition) is 4. The van der Waals surface area contributed by atoms with E-state index in [1.807, 2.05) is 0 Å². The summed E-state index contributed by atoms with van der Waals surface area (Å²) in [4.78, 5) is 12.0. The van der Waals surface area contributed by atoms with Crippen molar-refractivity contribution in [2.24, 2.45) is 5.41 Å². The Morgan fingerprint density at radius 1 is 1.38 bits per heavy atom. The van der Waals surface area contributed by atoms with Gasteiger partial charge in [-0.1, -0.05) is 40.0 Å². The number of hydrogen-bond donors (Lipinski definition) is 1. The topological polar surface area (TPSA) is 63.2 Å². The Bertz CT molecular complexity index is 579. The third-order valence-corrected chi connectivity index (χ3v) is 6.30. The molecule has 0 aliphatic heterocycles. The molecule has 0 atom stereocenters. The maximum Gasteiger partial charge on any atom is 0.270 e. The van der Waals surface area contributed by atoms with Crippen molar-refractivity contribution in [3.63, 3.8) is 0 Å². The molecule has 0 bridgehead atoms. The molecule has 0 radical (unpaired) electrons. The average Bonchev–Trinajstić information content (AvgIpc) is 2.85. The first kappa shape index (κ1) is 18.5. The van der Waals surface area contributed by atoms with Gasteiger partial charge in [-0.2, -0.15) is 0 Å². The van der Waals surface area contributed by atoms with Gasteiger partial charge < -0.3 is 5.32 Å². The van der Waals surface area contributed by atoms with Crippen molar-refractivity contribution < 1.29 is 13.2 Å². The fourth-order valence-electron chi connectivity index (χ4n) is 1.93. The van der Waals surface area contributed by atoms with Crippen molar-refractivity contribution in [3.8, 4) is 0 Å². The highest BCUT2D eigenvalue weighted by molar-refractivity contribution is 8.15. The number of carbonyl (C=O) groups is 1. The van der Waals surface area contributed by atoms with Crippen LogP contribution in [0.15, 0.2) is 15.7 Å². The third-order valence-electron chi connectivity index (χ3n) is 3.26. The molecule has 0 spiro atoms. The molecule has 1 heterocycles. The molecule has 1 aromatic heterocycles. The van der Waals surface area contributed by atoms with Crippen LogP contribution in [0.2, 0.25) is 0 Å². The molecule has 0 fully saturated rings. The van der Waals surface area contributed by atoms with Crippen LogP contribution in [0.1, 0.15) is 56.8 Å². The number of nitrogens with one attached hydrogen (secondary N) is 1. The molecular weight excluding hydrogens is 330 g/mol. The summed E-state index contributed by atoms with van der Waals surface area (Å²) < 4.78 is 22.4. The minimum atomic E-state index is -3.76. The zero-order valence-corrected chi connectivity index (χ0v) is 15.0. The minimum Gasteiger partial charge on any atom is -0.351 e. The monoisotopic (exact) mass is 351 g/mol. The van der Waals surface area contributed by atoms with Crippen molar-refractivity contribution in [1.82, 2.24) is 5.32 Å². The number of unbranched alkanes of at least 4 members (excludes halogenated alkanes) is 2. The lowest BCUT2D eigenvalue weighted by molar-refractivity contribution is 0.0934. The van der Waals surface area contributed by atoms with Crippen LogP contribution >= 0.6 is 22.0 Å². The van der Waals surface area contributed by atoms with E-state index in [-0.39, 0.29) is 15.5 Å². The number of carbonyl (C=O) groups excluding carboxylic acids is 1. The highest BCUT2D eigenvalue weighted by Crippen LogP contribution is 2.25. The Hall–Kier alpha value is -0.590. The van der Waals surface area contributed by atoms with Crippen molar-refractivity contribution in [3.05, 3.63) is 17.0 Å². The Kier molecular flexibility index (Phi) is 6.69. The maximum atomic E-state index is 12.0. The molecule has 0 saturated heterocycles. The summed E-state index contributed by atoms with van der Waals surface area (Å²) in [5.41, 5.74) is 0.367. The Morgan fingerprint density at radius 3 is 2.57 bits per heavy atom. The lowest BCUT2D eigenvalue weighted by Crippen LogP contribution is -2.33. The van der Waals surface area contributed by atoms with E-state index in [0.717, 1.165) is 24.2 Å². The van der Waals surface area contributed by atoms with Gasteiger partial charge in [-0.3, -0.25) is 4.79 Å². The number of halogens is 1. The van der Waals surface area contributed by atoms with Crippen molar-refractivity contribution in [2.75, 3.05) is 6.54 Å². The van der Waals surface area contributed by atoms with E-state index in [4.69, 9.17) is 10.7 Å². The van der Waals surface area contributed by atoms with Gasteiger partial charge in [-0.25, -0.2) is 8.42 Å². The van der Waals surface area contributed by atoms with E-state index in [2.05, 4.69) is 26.1 Å². The van der Waals surface area contributed by atoms with Gasteiger partial charge in [-0.15, -0.1) is 11.3 Å². The van der Waals surface area contributed by atoms with Gasteiger partial charge in [0.25, 0.3) is 15.0 Å². The SMILES string of the molecule is CCCCCC(C)(C)CNC(=O)c1csc(S(=O)(=O)Cl)c1. The zero-order chi connectivity index (χ0) is 16.1. The Morgan fingerprint density at radius 2 is 2.05 bits per heavy atom. The van der Waals surface area contributed by atoms with Gasteiger partial charge in [0.2, 0.25) is 0 Å². The minimum absolute atomic E-state index is 0.00322. The molecule has 0 aromatic carbocycles. The third kappa shape index (κ3) is 6.36. The summed E-state index contributed by atoms with van der Waals surface area (Å²) in [6.45, 7) is 6.96. The van der Waals surface area contributed by atoms with Crippen LogP contribution in [-0.2, 0) is 9.05 Å². The van der Waals surface area contributed by atoms with Gasteiger partial charge >= 0.3 is 0 Å². The Labute approximate surface area is 135 Å². The summed E-state index contributed by atoms with van der Waals surface area (Å²) in [5, 5.41) is 4.37. The number of rotatable bonds is 8. The zero-order valence-electron chi connectivity index (χ0n) is 12.6. The standard InChI is InChI=1S/C14H22ClNO3S2/c1-4-5-6-7-14(2,3)10-16-13(17)11-8-12(20-9-11)21(15,18)19/h8-9H,4-7,10H2,1-3H3,(H,16,17). The summed E-state index contributed by atoms with van der Waals surface area (Å²) >= 11 is 0.954. The molecular formula is C14H22ClNO3S2. The quantitative estimate of drug-likeness (QED) is 0.568. The molecule has 0 saturated carbocycles. The first-order valence-electron chi connectivity index (χ1n) is 6.97. The summed E-state index contributed by atoms with van der Waals surface area (Å²) in [7, 11) is 1.49. The van der Waals surface area contributed by atoms with Crippen LogP contribution in [0, 0.1) is 5.41 Å². The molecule has 4 nitrogen and oxygen atoms in total. The van der Waals surface area contributed by atoms with E-state index in [9.17, 15) is 13.2 Å². The van der Waals surface area contributed by atoms with E-state index < -0.39 is 9.05 Å². The molecule has 1 rings (SSSR count). The smallest absolute Gasteiger partial charge is 0.270 e. The summed E-state index contributed by atoms with van der Waals surface area (Å²) in [6.07, 6.45) is 4.56. The first-order chi connectivity index (χ1) is 9.65. The van der Waals surface area contributed by atoms with Gasteiger partial charge in [0.1, 0.15) is 4.21 Å². The van der Waals surface area contributed by atoms with E-state index in [1.165, 1.54) is 24.3 Å². The van der Waals surface area contributed by atoms with E-state index in [1.54, 1.807) is 0 Å². The fraction of sp³-hybridized carbons (Fsp3) is 0.643. The molecule has 0 aliphatic carbocycles. The molecule has 1 amide bonds. The van der Waals surface area contributed by atoms with Gasteiger partial charge in [0.15, 0.2) is 0 Å². The van der Waals surface area contributed by atoms with Crippen LogP contribution in [0.25, 0.3) is 0 Å².